The van der Waals surface area contributed by atoms with E-state index >= 15 is 0 Å². The lowest BCUT2D eigenvalue weighted by molar-refractivity contribution is -0.439. The molecule has 0 aliphatic carbocycles. The van der Waals surface area contributed by atoms with E-state index in [4.69, 9.17) is 32.2 Å². The Labute approximate surface area is 179 Å². The molecule has 3 unspecified atom stereocenters. The van der Waals surface area contributed by atoms with Crippen LogP contribution in [0.5, 0.6) is 0 Å². The van der Waals surface area contributed by atoms with Crippen molar-refractivity contribution in [1.29, 1.82) is 0 Å². The molecule has 29 heavy (non-hydrogen) atoms. The van der Waals surface area contributed by atoms with Crippen LogP contribution in [0.4, 0.5) is 0 Å². The van der Waals surface area contributed by atoms with Crippen molar-refractivity contribution < 1.29 is 32.2 Å². The minimum Gasteiger partial charge on any atom is -0.371 e. The van der Waals surface area contributed by atoms with E-state index in [-0.39, 0.29) is 6.10 Å². The Hall–Kier alpha value is -0.0631. The summed E-state index contributed by atoms with van der Waals surface area (Å²) in [6.45, 7) is 16.7. The molecule has 0 saturated carbocycles. The zero-order valence-electron chi connectivity index (χ0n) is 19.6. The molecule has 0 amide bonds. The van der Waals surface area contributed by atoms with Crippen LogP contribution in [-0.4, -0.2) is 59.9 Å². The van der Waals surface area contributed by atoms with Gasteiger partial charge in [0.25, 0.3) is 5.97 Å². The van der Waals surface area contributed by atoms with E-state index in [1.54, 1.807) is 0 Å². The molecule has 8 heteroatoms. The quantitative estimate of drug-likeness (QED) is 0.258. The van der Waals surface area contributed by atoms with Gasteiger partial charge in [0.15, 0.2) is 6.29 Å². The van der Waals surface area contributed by atoms with Crippen molar-refractivity contribution >= 4 is 9.53 Å². The molecule has 1 rings (SSSR count). The minimum absolute atomic E-state index is 0.175. The number of hydrogen-bond acceptors (Lipinski definition) is 7. The molecule has 1 heterocycles. The summed E-state index contributed by atoms with van der Waals surface area (Å²) in [5.74, 6) is -1.02. The fraction of sp³-hybridized carbons (Fsp3) is 1.00. The van der Waals surface area contributed by atoms with Gasteiger partial charge in [0, 0.05) is 19.6 Å². The summed E-state index contributed by atoms with van der Waals surface area (Å²) in [5, 5.41) is 0. The van der Waals surface area contributed by atoms with E-state index in [9.17, 15) is 0 Å². The van der Waals surface area contributed by atoms with Crippen LogP contribution in [0.1, 0.15) is 87.0 Å². The van der Waals surface area contributed by atoms with Crippen LogP contribution in [0.15, 0.2) is 0 Å². The van der Waals surface area contributed by atoms with E-state index < -0.39 is 27.4 Å². The molecule has 3 atom stereocenters. The molecule has 1 aliphatic rings. The molecular weight excluding hydrogens is 392 g/mol. The largest absolute Gasteiger partial charge is 0.578 e. The fourth-order valence-corrected chi connectivity index (χ4v) is 4.76. The molecule has 0 N–H and O–H groups in total. The Balaban J connectivity index is 2.91. The second kappa shape index (κ2) is 14.1. The second-order valence-corrected chi connectivity index (χ2v) is 8.64. The molecule has 0 aromatic carbocycles. The zero-order chi connectivity index (χ0) is 21.8. The third-order valence-corrected chi connectivity index (χ3v) is 6.65. The predicted octanol–water partition coefficient (Wildman–Crippen LogP) is 4.67. The van der Waals surface area contributed by atoms with E-state index in [1.165, 1.54) is 0 Å². The first-order valence-corrected chi connectivity index (χ1v) is 12.6. The summed E-state index contributed by atoms with van der Waals surface area (Å²) in [5.41, 5.74) is -0.535. The first-order valence-electron chi connectivity index (χ1n) is 11.3. The highest BCUT2D eigenvalue weighted by molar-refractivity contribution is 6.36. The van der Waals surface area contributed by atoms with E-state index in [0.29, 0.717) is 39.3 Å². The monoisotopic (exact) mass is 435 g/mol. The van der Waals surface area contributed by atoms with Gasteiger partial charge in [0.2, 0.25) is 0 Å². The third kappa shape index (κ3) is 8.53. The average Bonchev–Trinajstić information content (AvgIpc) is 2.72. The molecule has 1 saturated heterocycles. The molecule has 173 valence electrons. The molecular formula is C21H43O7Si. The van der Waals surface area contributed by atoms with Gasteiger partial charge in [0.1, 0.15) is 0 Å². The molecule has 0 aromatic rings. The van der Waals surface area contributed by atoms with Crippen LogP contribution in [0.2, 0.25) is 0 Å². The predicted molar refractivity (Wildman–Crippen MR) is 113 cm³/mol. The standard InChI is InChI=1S/C21H43O7Si/c1-8-15-20(7,28-29(24-12-5)25-13-6)18(9-2)26-19(10-3)27-21(11-4)22-16-14-17-23-21/h18-19H,8-17H2,1-7H3. The maximum Gasteiger partial charge on any atom is 0.578 e. The van der Waals surface area contributed by atoms with E-state index in [0.717, 1.165) is 25.7 Å². The lowest BCUT2D eigenvalue weighted by Gasteiger charge is -2.42. The normalized spacial score (nSPS) is 21.1. The minimum atomic E-state index is -1.83. The number of ether oxygens (including phenoxy) is 4. The van der Waals surface area contributed by atoms with Crippen molar-refractivity contribution in [3.05, 3.63) is 0 Å². The highest BCUT2D eigenvalue weighted by atomic mass is 28.3. The summed E-state index contributed by atoms with van der Waals surface area (Å²) < 4.78 is 42.2. The maximum atomic E-state index is 6.45. The van der Waals surface area contributed by atoms with Crippen LogP contribution >= 0.6 is 0 Å². The summed E-state index contributed by atoms with van der Waals surface area (Å²) >= 11 is 0. The Bertz CT molecular complexity index is 414. The highest BCUT2D eigenvalue weighted by Crippen LogP contribution is 2.32. The molecule has 7 nitrogen and oxygen atoms in total. The van der Waals surface area contributed by atoms with Crippen LogP contribution in [-0.2, 0) is 32.2 Å². The fourth-order valence-electron chi connectivity index (χ4n) is 3.48. The van der Waals surface area contributed by atoms with Gasteiger partial charge in [-0.05, 0) is 46.5 Å². The summed E-state index contributed by atoms with van der Waals surface area (Å²) in [6.07, 6.45) is 4.12. The van der Waals surface area contributed by atoms with Crippen molar-refractivity contribution in [1.82, 2.24) is 0 Å². The van der Waals surface area contributed by atoms with Gasteiger partial charge in [-0.25, -0.2) is 0 Å². The zero-order valence-corrected chi connectivity index (χ0v) is 20.6. The van der Waals surface area contributed by atoms with Crippen molar-refractivity contribution in [2.45, 2.75) is 111 Å². The topological polar surface area (TPSA) is 64.6 Å². The molecule has 1 aliphatic heterocycles. The number of hydrogen-bond donors (Lipinski definition) is 0. The average molecular weight is 436 g/mol. The van der Waals surface area contributed by atoms with Crippen molar-refractivity contribution in [2.24, 2.45) is 0 Å². The Kier molecular flexibility index (Phi) is 13.1. The molecule has 1 fully saturated rings. The van der Waals surface area contributed by atoms with Crippen molar-refractivity contribution in [3.8, 4) is 0 Å². The van der Waals surface area contributed by atoms with Crippen molar-refractivity contribution in [2.75, 3.05) is 26.4 Å². The van der Waals surface area contributed by atoms with Gasteiger partial charge < -0.3 is 27.5 Å². The van der Waals surface area contributed by atoms with Crippen LogP contribution < -0.4 is 0 Å². The second-order valence-electron chi connectivity index (χ2n) is 7.36. The summed E-state index contributed by atoms with van der Waals surface area (Å²) in [4.78, 5) is 0. The smallest absolute Gasteiger partial charge is 0.371 e. The number of rotatable bonds is 16. The Morgan fingerprint density at radius 1 is 0.966 bits per heavy atom. The van der Waals surface area contributed by atoms with Gasteiger partial charge in [-0.3, -0.25) is 4.74 Å². The SMILES string of the molecule is CCCC(C)(O[Si](OCC)OCC)C(CC)OC(CC)OC1(CC)OCCCO1. The first-order chi connectivity index (χ1) is 13.9. The van der Waals surface area contributed by atoms with Gasteiger partial charge in [-0.2, -0.15) is 0 Å². The third-order valence-electron chi connectivity index (χ3n) is 4.97. The van der Waals surface area contributed by atoms with Gasteiger partial charge >= 0.3 is 9.53 Å². The van der Waals surface area contributed by atoms with Crippen molar-refractivity contribution in [3.63, 3.8) is 0 Å². The molecule has 0 aromatic heterocycles. The Morgan fingerprint density at radius 2 is 1.59 bits per heavy atom. The molecule has 0 spiro atoms. The van der Waals surface area contributed by atoms with E-state index in [2.05, 4.69) is 20.8 Å². The van der Waals surface area contributed by atoms with Crippen LogP contribution in [0, 0.1) is 0 Å². The van der Waals surface area contributed by atoms with Crippen LogP contribution in [0.25, 0.3) is 0 Å². The summed E-state index contributed by atoms with van der Waals surface area (Å²) in [7, 11) is -1.83. The highest BCUT2D eigenvalue weighted by Gasteiger charge is 2.43. The lowest BCUT2D eigenvalue weighted by Crippen LogP contribution is -2.52. The molecule has 1 radical (unpaired) electrons. The van der Waals surface area contributed by atoms with Crippen LogP contribution in [0.3, 0.4) is 0 Å². The maximum absolute atomic E-state index is 6.45. The molecule has 0 bridgehead atoms. The first kappa shape index (κ1) is 27.0. The lowest BCUT2D eigenvalue weighted by atomic mass is 9.92. The van der Waals surface area contributed by atoms with Gasteiger partial charge in [0.05, 0.1) is 24.9 Å². The van der Waals surface area contributed by atoms with Gasteiger partial charge in [-0.15, -0.1) is 0 Å². The van der Waals surface area contributed by atoms with E-state index in [1.807, 2.05) is 27.7 Å². The van der Waals surface area contributed by atoms with Gasteiger partial charge in [-0.1, -0.05) is 34.1 Å². The Morgan fingerprint density at radius 3 is 2.03 bits per heavy atom. The summed E-state index contributed by atoms with van der Waals surface area (Å²) in [6, 6.07) is 0.